The summed E-state index contributed by atoms with van der Waals surface area (Å²) in [5.74, 6) is -0.903. The smallest absolute Gasteiger partial charge is 0.423 e. The molecule has 2 N–H and O–H groups in total. The molecular weight excluding hydrogens is 110 g/mol. The minimum atomic E-state index is -1.83. The third-order valence-corrected chi connectivity index (χ3v) is 0.660. The maximum Gasteiger partial charge on any atom is 0.490 e. The molecule has 0 saturated carbocycles. The number of hydrogen-bond acceptors (Lipinski definition) is 2. The molecule has 0 fully saturated rings. The van der Waals surface area contributed by atoms with Gasteiger partial charge in [-0.25, -0.2) is 4.39 Å². The van der Waals surface area contributed by atoms with Crippen LogP contribution in [0.3, 0.4) is 0 Å². The largest absolute Gasteiger partial charge is 0.490 e. The lowest BCUT2D eigenvalue weighted by Gasteiger charge is -1.95. The average Bonchev–Trinajstić information content (AvgIpc) is 1.64. The van der Waals surface area contributed by atoms with Crippen LogP contribution in [0.2, 0.25) is 0 Å². The maximum absolute atomic E-state index is 11.7. The van der Waals surface area contributed by atoms with Crippen LogP contribution >= 0.6 is 0 Å². The van der Waals surface area contributed by atoms with Crippen LogP contribution in [0.15, 0.2) is 24.5 Å². The highest BCUT2D eigenvalue weighted by atomic mass is 19.1. The molecule has 0 aromatic rings. The Balaban J connectivity index is 3.84. The molecule has 0 rings (SSSR count). The number of halogens is 1. The average molecular weight is 116 g/mol. The van der Waals surface area contributed by atoms with Crippen molar-refractivity contribution in [1.82, 2.24) is 0 Å². The molecule has 0 atom stereocenters. The van der Waals surface area contributed by atoms with Crippen molar-refractivity contribution in [3.63, 3.8) is 0 Å². The maximum atomic E-state index is 11.7. The fraction of sp³-hybridized carbons (Fsp3) is 0. The quantitative estimate of drug-likeness (QED) is 0.394. The monoisotopic (exact) mass is 116 g/mol. The summed E-state index contributed by atoms with van der Waals surface area (Å²) in [5, 5.41) is 16.3. The van der Waals surface area contributed by atoms with Gasteiger partial charge in [0.25, 0.3) is 0 Å². The Morgan fingerprint density at radius 3 is 1.75 bits per heavy atom. The van der Waals surface area contributed by atoms with Crippen LogP contribution < -0.4 is 0 Å². The van der Waals surface area contributed by atoms with Gasteiger partial charge in [-0.15, -0.1) is 0 Å². The Bertz CT molecular complexity index is 121. The van der Waals surface area contributed by atoms with Gasteiger partial charge in [0.2, 0.25) is 0 Å². The Hall–Kier alpha value is -0.605. The summed E-state index contributed by atoms with van der Waals surface area (Å²) in [6, 6.07) is 0. The van der Waals surface area contributed by atoms with E-state index in [1.807, 2.05) is 0 Å². The number of allylic oxidation sites excluding steroid dienone is 2. The van der Waals surface area contributed by atoms with Crippen LogP contribution in [-0.4, -0.2) is 17.2 Å². The Morgan fingerprint density at radius 1 is 1.38 bits per heavy atom. The van der Waals surface area contributed by atoms with Gasteiger partial charge in [-0.2, -0.15) is 0 Å². The van der Waals surface area contributed by atoms with Crippen LogP contribution in [0.1, 0.15) is 0 Å². The lowest BCUT2D eigenvalue weighted by atomic mass is 9.80. The van der Waals surface area contributed by atoms with E-state index in [2.05, 4.69) is 13.2 Å². The summed E-state index contributed by atoms with van der Waals surface area (Å²) in [4.78, 5) is 0. The van der Waals surface area contributed by atoms with Gasteiger partial charge in [0.1, 0.15) is 5.83 Å². The summed E-state index contributed by atoms with van der Waals surface area (Å²) in [7, 11) is -1.83. The zero-order valence-corrected chi connectivity index (χ0v) is 4.26. The van der Waals surface area contributed by atoms with Gasteiger partial charge >= 0.3 is 7.12 Å². The normalized spacial score (nSPS) is 8.38. The molecule has 0 saturated heterocycles. The molecule has 0 bridgehead atoms. The molecule has 0 heterocycles. The molecule has 0 spiro atoms. The van der Waals surface area contributed by atoms with Gasteiger partial charge in [-0.05, 0) is 0 Å². The molecule has 0 aliphatic rings. The van der Waals surface area contributed by atoms with Gasteiger partial charge in [-0.3, -0.25) is 0 Å². The zero-order valence-electron chi connectivity index (χ0n) is 4.26. The first-order valence-corrected chi connectivity index (χ1v) is 1.95. The van der Waals surface area contributed by atoms with E-state index >= 15 is 0 Å². The molecule has 0 amide bonds. The molecule has 0 aromatic carbocycles. The van der Waals surface area contributed by atoms with E-state index in [1.54, 1.807) is 0 Å². The molecular formula is C4H6BFO2. The van der Waals surface area contributed by atoms with Crippen molar-refractivity contribution in [2.45, 2.75) is 0 Å². The van der Waals surface area contributed by atoms with Crippen molar-refractivity contribution in [2.75, 3.05) is 0 Å². The van der Waals surface area contributed by atoms with E-state index in [9.17, 15) is 4.39 Å². The minimum Gasteiger partial charge on any atom is -0.423 e. The van der Waals surface area contributed by atoms with E-state index in [4.69, 9.17) is 10.0 Å². The van der Waals surface area contributed by atoms with Gasteiger partial charge in [0.05, 0.1) is 0 Å². The van der Waals surface area contributed by atoms with E-state index in [1.165, 1.54) is 0 Å². The van der Waals surface area contributed by atoms with E-state index < -0.39 is 18.4 Å². The third kappa shape index (κ3) is 1.91. The first-order valence-electron chi connectivity index (χ1n) is 1.95. The highest BCUT2D eigenvalue weighted by molar-refractivity contribution is 6.51. The summed E-state index contributed by atoms with van der Waals surface area (Å²) in [6.07, 6.45) is 0. The highest BCUT2D eigenvalue weighted by Gasteiger charge is 2.14. The van der Waals surface area contributed by atoms with Crippen LogP contribution in [0.4, 0.5) is 4.39 Å². The molecule has 0 unspecified atom stereocenters. The van der Waals surface area contributed by atoms with E-state index in [0.717, 1.165) is 0 Å². The van der Waals surface area contributed by atoms with Crippen molar-refractivity contribution in [3.8, 4) is 0 Å². The summed E-state index contributed by atoms with van der Waals surface area (Å²) < 4.78 is 11.7. The highest BCUT2D eigenvalue weighted by Crippen LogP contribution is 2.05. The fourth-order valence-electron chi connectivity index (χ4n) is 0.140. The lowest BCUT2D eigenvalue weighted by molar-refractivity contribution is 0.417. The standard InChI is InChI=1S/C4H6BFO2/c1-3(4(2)6)5(7)8/h7-8H,1-2H2. The predicted molar refractivity (Wildman–Crippen MR) is 29.6 cm³/mol. The molecule has 4 heteroatoms. The van der Waals surface area contributed by atoms with Gasteiger partial charge in [-0.1, -0.05) is 13.2 Å². The molecule has 2 nitrogen and oxygen atoms in total. The van der Waals surface area contributed by atoms with Gasteiger partial charge in [0.15, 0.2) is 0 Å². The van der Waals surface area contributed by atoms with Gasteiger partial charge < -0.3 is 10.0 Å². The Labute approximate surface area is 47.1 Å². The van der Waals surface area contributed by atoms with Crippen molar-refractivity contribution in [1.29, 1.82) is 0 Å². The third-order valence-electron chi connectivity index (χ3n) is 0.660. The molecule has 8 heavy (non-hydrogen) atoms. The Kier molecular flexibility index (Phi) is 2.44. The predicted octanol–water partition coefficient (Wildman–Crippen LogP) is 0.0378. The first kappa shape index (κ1) is 7.39. The van der Waals surface area contributed by atoms with Crippen molar-refractivity contribution < 1.29 is 14.4 Å². The van der Waals surface area contributed by atoms with Crippen molar-refractivity contribution >= 4 is 7.12 Å². The molecule has 0 aliphatic heterocycles. The minimum absolute atomic E-state index is 0.398. The second kappa shape index (κ2) is 2.64. The topological polar surface area (TPSA) is 40.5 Å². The summed E-state index contributed by atoms with van der Waals surface area (Å²) >= 11 is 0. The molecule has 0 aliphatic carbocycles. The number of hydrogen-bond donors (Lipinski definition) is 2. The van der Waals surface area contributed by atoms with Crippen molar-refractivity contribution in [3.05, 3.63) is 24.5 Å². The second-order valence-corrected chi connectivity index (χ2v) is 1.30. The van der Waals surface area contributed by atoms with Crippen LogP contribution in [-0.2, 0) is 0 Å². The van der Waals surface area contributed by atoms with Crippen LogP contribution in [0, 0.1) is 0 Å². The lowest BCUT2D eigenvalue weighted by Crippen LogP contribution is -2.14. The molecule has 0 aromatic heterocycles. The van der Waals surface area contributed by atoms with E-state index in [0.29, 0.717) is 0 Å². The number of rotatable bonds is 2. The molecule has 0 radical (unpaired) electrons. The van der Waals surface area contributed by atoms with Gasteiger partial charge in [0, 0.05) is 5.47 Å². The van der Waals surface area contributed by atoms with E-state index in [-0.39, 0.29) is 0 Å². The van der Waals surface area contributed by atoms with Crippen molar-refractivity contribution in [2.24, 2.45) is 0 Å². The second-order valence-electron chi connectivity index (χ2n) is 1.30. The SMILES string of the molecule is C=C(F)C(=C)B(O)O. The molecule has 44 valence electrons. The zero-order chi connectivity index (χ0) is 6.73. The summed E-state index contributed by atoms with van der Waals surface area (Å²) in [5.41, 5.74) is -0.398. The Morgan fingerprint density at radius 2 is 1.75 bits per heavy atom. The fourth-order valence-corrected chi connectivity index (χ4v) is 0.140. The van der Waals surface area contributed by atoms with Crippen LogP contribution in [0.5, 0.6) is 0 Å². The first-order chi connectivity index (χ1) is 3.55. The summed E-state index contributed by atoms with van der Waals surface area (Å²) in [6.45, 7) is 5.77. The van der Waals surface area contributed by atoms with Crippen LogP contribution in [0.25, 0.3) is 0 Å².